The number of carbonyl (C=O) groups excluding carboxylic acids is 4. The second-order valence-electron chi connectivity index (χ2n) is 6.76. The predicted octanol–water partition coefficient (Wildman–Crippen LogP) is 3.38. The van der Waals surface area contributed by atoms with Crippen LogP contribution in [0.15, 0.2) is 35.9 Å². The van der Waals surface area contributed by atoms with Gasteiger partial charge in [-0.05, 0) is 54.8 Å². The van der Waals surface area contributed by atoms with Crippen molar-refractivity contribution in [2.24, 2.45) is 0 Å². The van der Waals surface area contributed by atoms with Crippen molar-refractivity contribution in [1.82, 2.24) is 10.6 Å². The van der Waals surface area contributed by atoms with E-state index in [1.54, 1.807) is 0 Å². The molecule has 160 valence electrons. The van der Waals surface area contributed by atoms with Crippen molar-refractivity contribution in [3.63, 3.8) is 0 Å². The molecule has 0 spiro atoms. The Hall–Kier alpha value is -3.36. The molecule has 31 heavy (non-hydrogen) atoms. The van der Waals surface area contributed by atoms with Crippen molar-refractivity contribution in [3.05, 3.63) is 62.6 Å². The molecule has 1 heterocycles. The number of halogens is 2. The Morgan fingerprint density at radius 1 is 1.03 bits per heavy atom. The molecule has 0 saturated carbocycles. The molecule has 0 bridgehead atoms. The number of benzene rings is 2. The smallest absolute Gasteiger partial charge is 0.328 e. The second-order valence-corrected chi connectivity index (χ2v) is 7.58. The maximum atomic E-state index is 12.3. The number of ether oxygens (including phenoxy) is 1. The van der Waals surface area contributed by atoms with Crippen molar-refractivity contribution in [2.75, 3.05) is 11.9 Å². The van der Waals surface area contributed by atoms with Gasteiger partial charge in [0.15, 0.2) is 12.4 Å². The van der Waals surface area contributed by atoms with Crippen LogP contribution in [-0.4, -0.2) is 30.4 Å². The molecule has 1 fully saturated rings. The molecule has 0 atom stereocenters. The Balaban J connectivity index is 1.72. The topological polar surface area (TPSA) is 114 Å². The van der Waals surface area contributed by atoms with Crippen molar-refractivity contribution in [3.8, 4) is 5.75 Å². The van der Waals surface area contributed by atoms with Gasteiger partial charge >= 0.3 is 6.03 Å². The predicted molar refractivity (Wildman–Crippen MR) is 116 cm³/mol. The summed E-state index contributed by atoms with van der Waals surface area (Å²) in [4.78, 5) is 47.0. The minimum Gasteiger partial charge on any atom is -0.481 e. The highest BCUT2D eigenvalue weighted by molar-refractivity contribution is 6.37. The van der Waals surface area contributed by atoms with Crippen molar-refractivity contribution < 1.29 is 23.9 Å². The highest BCUT2D eigenvalue weighted by atomic mass is 35.5. The first kappa shape index (κ1) is 22.3. The van der Waals surface area contributed by atoms with Crippen LogP contribution in [0.4, 0.5) is 10.5 Å². The van der Waals surface area contributed by atoms with Crippen LogP contribution in [0.2, 0.25) is 10.0 Å². The average Bonchev–Trinajstić information content (AvgIpc) is 2.67. The van der Waals surface area contributed by atoms with E-state index in [9.17, 15) is 19.2 Å². The summed E-state index contributed by atoms with van der Waals surface area (Å²) in [6.07, 6.45) is 1.23. The maximum Gasteiger partial charge on any atom is 0.328 e. The SMILES string of the molecule is Cc1ccc(C)c(NC(=O)COc2c(Cl)cc(C=C3C(=O)NC(=O)NC3=O)cc2Cl)c1. The summed E-state index contributed by atoms with van der Waals surface area (Å²) in [5, 5.41) is 6.85. The maximum absolute atomic E-state index is 12.3. The van der Waals surface area contributed by atoms with Gasteiger partial charge in [-0.3, -0.25) is 25.0 Å². The molecule has 2 aromatic carbocycles. The summed E-state index contributed by atoms with van der Waals surface area (Å²) in [7, 11) is 0. The monoisotopic (exact) mass is 461 g/mol. The van der Waals surface area contributed by atoms with Gasteiger partial charge in [0.1, 0.15) is 5.57 Å². The third kappa shape index (κ3) is 5.42. The quantitative estimate of drug-likeness (QED) is 0.466. The number of hydrogen-bond acceptors (Lipinski definition) is 5. The van der Waals surface area contributed by atoms with E-state index >= 15 is 0 Å². The number of carbonyl (C=O) groups is 4. The first-order valence-corrected chi connectivity index (χ1v) is 9.77. The van der Waals surface area contributed by atoms with Gasteiger partial charge in [0.05, 0.1) is 10.0 Å². The molecule has 0 aliphatic carbocycles. The molecule has 1 saturated heterocycles. The fraction of sp³-hybridized carbons (Fsp3) is 0.143. The van der Waals surface area contributed by atoms with Crippen LogP contribution in [0.3, 0.4) is 0 Å². The lowest BCUT2D eigenvalue weighted by Crippen LogP contribution is -2.51. The van der Waals surface area contributed by atoms with E-state index in [0.717, 1.165) is 11.1 Å². The Bertz CT molecular complexity index is 1100. The number of imide groups is 2. The molecular weight excluding hydrogens is 445 g/mol. The summed E-state index contributed by atoms with van der Waals surface area (Å²) in [5.74, 6) is -2.00. The van der Waals surface area contributed by atoms with E-state index in [2.05, 4.69) is 5.32 Å². The Labute approximate surface area is 187 Å². The van der Waals surface area contributed by atoms with Crippen LogP contribution >= 0.6 is 23.2 Å². The van der Waals surface area contributed by atoms with Crippen molar-refractivity contribution >= 4 is 58.7 Å². The number of amides is 5. The highest BCUT2D eigenvalue weighted by Crippen LogP contribution is 2.35. The average molecular weight is 462 g/mol. The lowest BCUT2D eigenvalue weighted by Gasteiger charge is -2.15. The number of anilines is 1. The van der Waals surface area contributed by atoms with Crippen LogP contribution in [0.25, 0.3) is 6.08 Å². The Morgan fingerprint density at radius 3 is 2.26 bits per heavy atom. The Kier molecular flexibility index (Phi) is 6.62. The Morgan fingerprint density at radius 2 is 1.65 bits per heavy atom. The number of rotatable bonds is 5. The number of barbiturate groups is 1. The number of nitrogens with one attached hydrogen (secondary N) is 3. The van der Waals surface area contributed by atoms with E-state index in [1.165, 1.54) is 18.2 Å². The third-order valence-corrected chi connectivity index (χ3v) is 4.85. The zero-order chi connectivity index (χ0) is 22.7. The molecule has 3 rings (SSSR count). The van der Waals surface area contributed by atoms with E-state index in [1.807, 2.05) is 42.7 Å². The van der Waals surface area contributed by atoms with Gasteiger partial charge < -0.3 is 10.1 Å². The van der Waals surface area contributed by atoms with Gasteiger partial charge in [0.25, 0.3) is 17.7 Å². The summed E-state index contributed by atoms with van der Waals surface area (Å²) >= 11 is 12.4. The zero-order valence-electron chi connectivity index (χ0n) is 16.5. The van der Waals surface area contributed by atoms with Crippen LogP contribution in [0, 0.1) is 13.8 Å². The summed E-state index contributed by atoms with van der Waals surface area (Å²) in [6, 6.07) is 7.61. The minimum atomic E-state index is -0.897. The van der Waals surface area contributed by atoms with Gasteiger partial charge in [0.2, 0.25) is 0 Å². The highest BCUT2D eigenvalue weighted by Gasteiger charge is 2.27. The van der Waals surface area contributed by atoms with Crippen molar-refractivity contribution in [1.29, 1.82) is 0 Å². The van der Waals surface area contributed by atoms with Crippen LogP contribution < -0.4 is 20.7 Å². The molecule has 0 unspecified atom stereocenters. The minimum absolute atomic E-state index is 0.0755. The standard InChI is InChI=1S/C21H17Cl2N3O5/c1-10-3-4-11(2)16(5-10)24-17(27)9-31-18-14(22)7-12(8-15(18)23)6-13-19(28)25-21(30)26-20(13)29/h3-8H,9H2,1-2H3,(H,24,27)(H2,25,26,28,29,30). The van der Waals surface area contributed by atoms with Crippen LogP contribution in [0.5, 0.6) is 5.75 Å². The summed E-state index contributed by atoms with van der Waals surface area (Å²) in [6.45, 7) is 3.46. The van der Waals surface area contributed by atoms with Crippen molar-refractivity contribution in [2.45, 2.75) is 13.8 Å². The molecule has 5 amide bonds. The molecule has 0 aromatic heterocycles. The van der Waals surface area contributed by atoms with Gasteiger partial charge in [-0.25, -0.2) is 4.79 Å². The van der Waals surface area contributed by atoms with Gasteiger partial charge in [-0.1, -0.05) is 35.3 Å². The summed E-state index contributed by atoms with van der Waals surface area (Å²) in [5.41, 5.74) is 2.63. The van der Waals surface area contributed by atoms with E-state index in [-0.39, 0.29) is 28.0 Å². The zero-order valence-corrected chi connectivity index (χ0v) is 18.0. The normalized spacial score (nSPS) is 13.4. The lowest BCUT2D eigenvalue weighted by atomic mass is 10.1. The molecule has 10 heteroatoms. The van der Waals surface area contributed by atoms with Gasteiger partial charge in [-0.2, -0.15) is 0 Å². The van der Waals surface area contributed by atoms with Crippen LogP contribution in [0.1, 0.15) is 16.7 Å². The number of urea groups is 1. The second kappa shape index (κ2) is 9.20. The first-order valence-electron chi connectivity index (χ1n) is 9.01. The molecule has 8 nitrogen and oxygen atoms in total. The van der Waals surface area contributed by atoms with E-state index < -0.39 is 23.8 Å². The number of aryl methyl sites for hydroxylation is 2. The summed E-state index contributed by atoms with van der Waals surface area (Å²) < 4.78 is 5.47. The molecule has 1 aliphatic heterocycles. The van der Waals surface area contributed by atoms with Crippen LogP contribution in [-0.2, 0) is 14.4 Å². The molecule has 3 N–H and O–H groups in total. The molecule has 0 radical (unpaired) electrons. The third-order valence-electron chi connectivity index (χ3n) is 4.29. The molecule has 1 aliphatic rings. The largest absolute Gasteiger partial charge is 0.481 e. The van der Waals surface area contributed by atoms with Gasteiger partial charge in [-0.15, -0.1) is 0 Å². The molecule has 2 aromatic rings. The first-order chi connectivity index (χ1) is 14.6. The van der Waals surface area contributed by atoms with E-state index in [4.69, 9.17) is 27.9 Å². The lowest BCUT2D eigenvalue weighted by molar-refractivity contribution is -0.124. The van der Waals surface area contributed by atoms with E-state index in [0.29, 0.717) is 11.3 Å². The molecular formula is C21H17Cl2N3O5. The fourth-order valence-corrected chi connectivity index (χ4v) is 3.38. The fourth-order valence-electron chi connectivity index (χ4n) is 2.77. The number of hydrogen-bond donors (Lipinski definition) is 3. The van der Waals surface area contributed by atoms with Gasteiger partial charge in [0, 0.05) is 5.69 Å².